The van der Waals surface area contributed by atoms with E-state index < -0.39 is 6.10 Å². The summed E-state index contributed by atoms with van der Waals surface area (Å²) in [7, 11) is 0. The Balaban J connectivity index is 1.44. The minimum Gasteiger partial charge on any atom is -0.448 e. The molecule has 4 nitrogen and oxygen atoms in total. The molecule has 2 heterocycles. The molecule has 0 spiro atoms. The zero-order chi connectivity index (χ0) is 18.3. The summed E-state index contributed by atoms with van der Waals surface area (Å²) in [5.74, 6) is 0.125. The lowest BCUT2D eigenvalue weighted by Gasteiger charge is -2.21. The third-order valence-electron chi connectivity index (χ3n) is 5.32. The Morgan fingerprint density at radius 2 is 2.04 bits per heavy atom. The van der Waals surface area contributed by atoms with E-state index in [1.165, 1.54) is 33.8 Å². The molecule has 2 aromatic rings. The lowest BCUT2D eigenvalue weighted by Crippen LogP contribution is -2.39. The average molecular weight is 369 g/mol. The van der Waals surface area contributed by atoms with Gasteiger partial charge in [-0.15, -0.1) is 11.3 Å². The largest absolute Gasteiger partial charge is 0.448 e. The Labute approximate surface area is 157 Å². The third-order valence-corrected chi connectivity index (χ3v) is 6.53. The first-order chi connectivity index (χ1) is 12.5. The molecule has 0 saturated carbocycles. The Kier molecular flexibility index (Phi) is 4.57. The SMILES string of the molecule is C[C@H]1CCc2sc(C(=O)O[C@H](C)C(=O)N3CCc4ccccc43)cc2C1. The number of thiophene rings is 1. The van der Waals surface area contributed by atoms with Gasteiger partial charge in [0.15, 0.2) is 6.10 Å². The van der Waals surface area contributed by atoms with E-state index in [-0.39, 0.29) is 11.9 Å². The number of fused-ring (bicyclic) bond motifs is 2. The van der Waals surface area contributed by atoms with Crippen molar-refractivity contribution in [2.45, 2.75) is 45.6 Å². The van der Waals surface area contributed by atoms with Crippen molar-refractivity contribution in [1.29, 1.82) is 0 Å². The van der Waals surface area contributed by atoms with Gasteiger partial charge in [0.25, 0.3) is 5.91 Å². The van der Waals surface area contributed by atoms with Gasteiger partial charge in [-0.1, -0.05) is 25.1 Å². The number of para-hydroxylation sites is 1. The van der Waals surface area contributed by atoms with Crippen molar-refractivity contribution in [3.63, 3.8) is 0 Å². The van der Waals surface area contributed by atoms with Crippen LogP contribution < -0.4 is 4.90 Å². The van der Waals surface area contributed by atoms with E-state index in [0.29, 0.717) is 17.3 Å². The first-order valence-corrected chi connectivity index (χ1v) is 10.1. The lowest BCUT2D eigenvalue weighted by molar-refractivity contribution is -0.126. The van der Waals surface area contributed by atoms with Crippen LogP contribution in [-0.2, 0) is 28.8 Å². The second kappa shape index (κ2) is 6.88. The summed E-state index contributed by atoms with van der Waals surface area (Å²) in [4.78, 5) is 28.9. The van der Waals surface area contributed by atoms with Gasteiger partial charge in [0.1, 0.15) is 4.88 Å². The highest BCUT2D eigenvalue weighted by molar-refractivity contribution is 7.14. The summed E-state index contributed by atoms with van der Waals surface area (Å²) in [5.41, 5.74) is 3.37. The van der Waals surface area contributed by atoms with Crippen LogP contribution in [0.5, 0.6) is 0 Å². The van der Waals surface area contributed by atoms with Crippen LogP contribution in [0.25, 0.3) is 0 Å². The zero-order valence-corrected chi connectivity index (χ0v) is 16.0. The fourth-order valence-electron chi connectivity index (χ4n) is 3.86. The molecule has 136 valence electrons. The fourth-order valence-corrected chi connectivity index (χ4v) is 4.95. The average Bonchev–Trinajstić information content (AvgIpc) is 3.24. The van der Waals surface area contributed by atoms with Crippen molar-refractivity contribution in [2.75, 3.05) is 11.4 Å². The first-order valence-electron chi connectivity index (χ1n) is 9.24. The second-order valence-corrected chi connectivity index (χ2v) is 8.46. The van der Waals surface area contributed by atoms with Crippen LogP contribution in [0.3, 0.4) is 0 Å². The van der Waals surface area contributed by atoms with Gasteiger partial charge in [-0.3, -0.25) is 4.79 Å². The van der Waals surface area contributed by atoms with Gasteiger partial charge in [0, 0.05) is 17.1 Å². The van der Waals surface area contributed by atoms with Crippen molar-refractivity contribution in [3.8, 4) is 0 Å². The van der Waals surface area contributed by atoms with E-state index in [2.05, 4.69) is 6.92 Å². The van der Waals surface area contributed by atoms with E-state index in [1.54, 1.807) is 11.8 Å². The molecule has 0 radical (unpaired) electrons. The van der Waals surface area contributed by atoms with Gasteiger partial charge >= 0.3 is 5.97 Å². The lowest BCUT2D eigenvalue weighted by atomic mass is 9.90. The highest BCUT2D eigenvalue weighted by Crippen LogP contribution is 2.33. The summed E-state index contributed by atoms with van der Waals surface area (Å²) >= 11 is 1.52. The first kappa shape index (κ1) is 17.3. The number of carbonyl (C=O) groups excluding carboxylic acids is 2. The minimum absolute atomic E-state index is 0.154. The molecular weight excluding hydrogens is 346 g/mol. The highest BCUT2D eigenvalue weighted by atomic mass is 32.1. The number of hydrogen-bond donors (Lipinski definition) is 0. The van der Waals surface area contributed by atoms with Crippen molar-refractivity contribution in [2.24, 2.45) is 5.92 Å². The van der Waals surface area contributed by atoms with Crippen LogP contribution >= 0.6 is 11.3 Å². The number of carbonyl (C=O) groups is 2. The van der Waals surface area contributed by atoms with Crippen molar-refractivity contribution >= 4 is 28.9 Å². The molecule has 1 aromatic heterocycles. The van der Waals surface area contributed by atoms with Crippen molar-refractivity contribution in [3.05, 3.63) is 51.2 Å². The maximum absolute atomic E-state index is 12.8. The zero-order valence-electron chi connectivity index (χ0n) is 15.2. The Morgan fingerprint density at radius 3 is 2.88 bits per heavy atom. The van der Waals surface area contributed by atoms with Crippen LogP contribution in [0.1, 0.15) is 45.9 Å². The quantitative estimate of drug-likeness (QED) is 0.768. The Morgan fingerprint density at radius 1 is 1.23 bits per heavy atom. The number of hydrogen-bond acceptors (Lipinski definition) is 4. The smallest absolute Gasteiger partial charge is 0.349 e. The maximum Gasteiger partial charge on any atom is 0.349 e. The number of esters is 1. The molecule has 1 amide bonds. The highest BCUT2D eigenvalue weighted by Gasteiger charge is 2.30. The molecule has 0 unspecified atom stereocenters. The Bertz CT molecular complexity index is 857. The Hall–Kier alpha value is -2.14. The standard InChI is InChI=1S/C21H23NO3S/c1-13-7-8-18-16(11-13)12-19(26-18)21(24)25-14(2)20(23)22-10-9-15-5-3-4-6-17(15)22/h3-6,12-14H,7-11H2,1-2H3/t13-,14+/m0/s1. The van der Waals surface area contributed by atoms with Gasteiger partial charge in [-0.05, 0) is 61.8 Å². The summed E-state index contributed by atoms with van der Waals surface area (Å²) in [6.07, 6.45) is 3.29. The molecule has 2 atom stereocenters. The van der Waals surface area contributed by atoms with Gasteiger partial charge < -0.3 is 9.64 Å². The molecule has 2 aliphatic rings. The molecule has 1 aromatic carbocycles. The number of anilines is 1. The number of amides is 1. The molecule has 0 bridgehead atoms. The maximum atomic E-state index is 12.8. The van der Waals surface area contributed by atoms with E-state index in [4.69, 9.17) is 4.74 Å². The molecule has 26 heavy (non-hydrogen) atoms. The van der Waals surface area contributed by atoms with Crippen LogP contribution in [0.15, 0.2) is 30.3 Å². The van der Waals surface area contributed by atoms with Crippen LogP contribution in [-0.4, -0.2) is 24.5 Å². The summed E-state index contributed by atoms with van der Waals surface area (Å²) in [6, 6.07) is 9.86. The van der Waals surface area contributed by atoms with Gasteiger partial charge in [-0.25, -0.2) is 4.79 Å². The normalized spacial score (nSPS) is 19.6. The molecule has 1 aliphatic carbocycles. The van der Waals surface area contributed by atoms with Crippen LogP contribution in [0.2, 0.25) is 0 Å². The fraction of sp³-hybridized carbons (Fsp3) is 0.429. The van der Waals surface area contributed by atoms with Gasteiger partial charge in [-0.2, -0.15) is 0 Å². The van der Waals surface area contributed by atoms with Gasteiger partial charge in [0.2, 0.25) is 0 Å². The predicted molar refractivity (Wildman–Crippen MR) is 103 cm³/mol. The monoisotopic (exact) mass is 369 g/mol. The van der Waals surface area contributed by atoms with E-state index in [9.17, 15) is 9.59 Å². The summed E-state index contributed by atoms with van der Waals surface area (Å²) in [6.45, 7) is 4.55. The molecule has 1 aliphatic heterocycles. The molecule has 0 saturated heterocycles. The van der Waals surface area contributed by atoms with E-state index in [1.807, 2.05) is 30.3 Å². The molecular formula is C21H23NO3S. The summed E-state index contributed by atoms with van der Waals surface area (Å²) in [5, 5.41) is 0. The van der Waals surface area contributed by atoms with E-state index >= 15 is 0 Å². The number of benzene rings is 1. The second-order valence-electron chi connectivity index (χ2n) is 7.32. The molecule has 0 fully saturated rings. The topological polar surface area (TPSA) is 46.6 Å². The number of aryl methyl sites for hydroxylation is 1. The number of nitrogens with zero attached hydrogens (tertiary/aromatic N) is 1. The molecule has 0 N–H and O–H groups in total. The predicted octanol–water partition coefficient (Wildman–Crippen LogP) is 4.01. The van der Waals surface area contributed by atoms with E-state index in [0.717, 1.165) is 24.9 Å². The number of ether oxygens (including phenoxy) is 1. The third kappa shape index (κ3) is 3.16. The minimum atomic E-state index is -0.785. The molecule has 4 rings (SSSR count). The van der Waals surface area contributed by atoms with Crippen molar-refractivity contribution < 1.29 is 14.3 Å². The molecule has 5 heteroatoms. The summed E-state index contributed by atoms with van der Waals surface area (Å²) < 4.78 is 5.51. The van der Waals surface area contributed by atoms with Gasteiger partial charge in [0.05, 0.1) is 0 Å². The van der Waals surface area contributed by atoms with Crippen LogP contribution in [0.4, 0.5) is 5.69 Å². The van der Waals surface area contributed by atoms with Crippen LogP contribution in [0, 0.1) is 5.92 Å². The number of rotatable bonds is 3. The van der Waals surface area contributed by atoms with Crippen molar-refractivity contribution in [1.82, 2.24) is 0 Å².